The highest BCUT2D eigenvalue weighted by Crippen LogP contribution is 2.33. The molecule has 3 nitrogen and oxygen atoms in total. The minimum atomic E-state index is -4.97. The Morgan fingerprint density at radius 1 is 1.00 bits per heavy atom. The molecule has 1 N–H and O–H groups in total. The Kier molecular flexibility index (Phi) is 3.90. The zero-order valence-electron chi connectivity index (χ0n) is 10.5. The van der Waals surface area contributed by atoms with Crippen LogP contribution in [-0.2, 0) is 6.18 Å². The highest BCUT2D eigenvalue weighted by atomic mass is 19.4. The van der Waals surface area contributed by atoms with Gasteiger partial charge >= 0.3 is 12.5 Å². The molecule has 0 aliphatic rings. The van der Waals surface area contributed by atoms with Crippen LogP contribution in [0, 0.1) is 0 Å². The summed E-state index contributed by atoms with van der Waals surface area (Å²) in [5.41, 5.74) is -3.21. The zero-order chi connectivity index (χ0) is 16.5. The predicted octanol–water partition coefficient (Wildman–Crippen LogP) is 3.96. The molecule has 0 amide bonds. The molecule has 22 heavy (non-hydrogen) atoms. The molecule has 0 saturated heterocycles. The van der Waals surface area contributed by atoms with Crippen molar-refractivity contribution in [1.29, 1.82) is 0 Å². The molecule has 0 saturated carbocycles. The number of rotatable bonds is 2. The number of aromatic amines is 1. The second kappa shape index (κ2) is 5.39. The van der Waals surface area contributed by atoms with E-state index in [-0.39, 0.29) is 11.3 Å². The molecule has 0 radical (unpaired) electrons. The third-order valence-corrected chi connectivity index (χ3v) is 2.62. The van der Waals surface area contributed by atoms with Crippen molar-refractivity contribution in [3.05, 3.63) is 52.3 Å². The Bertz CT molecular complexity index is 732. The standard InChI is InChI=1S/C13H7F6NO2/c14-12(15,16)8-6-20-9(5-10(8)21)7-3-1-2-4-11(7)22-13(17,18)19/h1-6H,(H,20,21). The van der Waals surface area contributed by atoms with Gasteiger partial charge < -0.3 is 9.72 Å². The molecule has 2 aromatic rings. The topological polar surface area (TPSA) is 42.1 Å². The van der Waals surface area contributed by atoms with Crippen LogP contribution in [0.3, 0.4) is 0 Å². The van der Waals surface area contributed by atoms with Crippen molar-refractivity contribution in [2.45, 2.75) is 12.5 Å². The number of H-pyrrole nitrogens is 1. The lowest BCUT2D eigenvalue weighted by atomic mass is 10.1. The van der Waals surface area contributed by atoms with Crippen molar-refractivity contribution in [3.63, 3.8) is 0 Å². The van der Waals surface area contributed by atoms with Gasteiger partial charge in [0.1, 0.15) is 11.3 Å². The summed E-state index contributed by atoms with van der Waals surface area (Å²) in [5, 5.41) is 0. The first-order chi connectivity index (χ1) is 10.1. The number of para-hydroxylation sites is 1. The maximum atomic E-state index is 12.5. The SMILES string of the molecule is O=c1cc(-c2ccccc2OC(F)(F)F)[nH]cc1C(F)(F)F. The van der Waals surface area contributed by atoms with Gasteiger partial charge in [0, 0.05) is 17.8 Å². The molecular formula is C13H7F6NO2. The van der Waals surface area contributed by atoms with Crippen molar-refractivity contribution in [2.75, 3.05) is 0 Å². The molecule has 2 rings (SSSR count). The zero-order valence-corrected chi connectivity index (χ0v) is 10.5. The number of benzene rings is 1. The van der Waals surface area contributed by atoms with E-state index in [1.54, 1.807) is 0 Å². The average molecular weight is 323 g/mol. The molecule has 0 fully saturated rings. The van der Waals surface area contributed by atoms with Crippen LogP contribution in [0.5, 0.6) is 5.75 Å². The summed E-state index contributed by atoms with van der Waals surface area (Å²) in [4.78, 5) is 13.6. The molecule has 0 aliphatic heterocycles. The first-order valence-electron chi connectivity index (χ1n) is 5.73. The lowest BCUT2D eigenvalue weighted by Crippen LogP contribution is -2.20. The number of ether oxygens (including phenoxy) is 1. The second-order valence-electron chi connectivity index (χ2n) is 4.17. The molecule has 1 heterocycles. The van der Waals surface area contributed by atoms with Gasteiger partial charge in [0.25, 0.3) is 0 Å². The fraction of sp³-hybridized carbons (Fsp3) is 0.154. The molecule has 1 aromatic carbocycles. The number of aromatic nitrogens is 1. The Morgan fingerprint density at radius 3 is 2.18 bits per heavy atom. The van der Waals surface area contributed by atoms with E-state index in [1.807, 2.05) is 0 Å². The van der Waals surface area contributed by atoms with Gasteiger partial charge in [-0.25, -0.2) is 0 Å². The first kappa shape index (κ1) is 15.9. The van der Waals surface area contributed by atoms with E-state index >= 15 is 0 Å². The van der Waals surface area contributed by atoms with Gasteiger partial charge in [-0.15, -0.1) is 13.2 Å². The van der Waals surface area contributed by atoms with Gasteiger partial charge in [0.05, 0.1) is 5.69 Å². The van der Waals surface area contributed by atoms with Crippen molar-refractivity contribution < 1.29 is 31.1 Å². The van der Waals surface area contributed by atoms with E-state index in [9.17, 15) is 31.1 Å². The van der Waals surface area contributed by atoms with Crippen LogP contribution in [0.1, 0.15) is 5.56 Å². The number of hydrogen-bond donors (Lipinski definition) is 1. The maximum absolute atomic E-state index is 12.5. The van der Waals surface area contributed by atoms with Crippen LogP contribution < -0.4 is 10.2 Å². The van der Waals surface area contributed by atoms with Crippen LogP contribution in [0.2, 0.25) is 0 Å². The van der Waals surface area contributed by atoms with Crippen LogP contribution in [0.25, 0.3) is 11.3 Å². The first-order valence-corrected chi connectivity index (χ1v) is 5.73. The van der Waals surface area contributed by atoms with E-state index in [0.29, 0.717) is 12.3 Å². The number of halogens is 6. The van der Waals surface area contributed by atoms with Crippen LogP contribution in [-0.4, -0.2) is 11.3 Å². The van der Waals surface area contributed by atoms with Gasteiger partial charge in [-0.05, 0) is 12.1 Å². The molecule has 0 aliphatic carbocycles. The summed E-state index contributed by atoms with van der Waals surface area (Å²) < 4.78 is 78.1. The molecule has 0 bridgehead atoms. The molecular weight excluding hydrogens is 316 g/mol. The molecule has 0 atom stereocenters. The summed E-state index contributed by atoms with van der Waals surface area (Å²) in [6, 6.07) is 5.35. The number of hydrogen-bond acceptors (Lipinski definition) is 2. The third-order valence-electron chi connectivity index (χ3n) is 2.62. The summed E-state index contributed by atoms with van der Waals surface area (Å²) in [6.07, 6.45) is -9.42. The smallest absolute Gasteiger partial charge is 0.405 e. The van der Waals surface area contributed by atoms with Crippen molar-refractivity contribution in [2.24, 2.45) is 0 Å². The van der Waals surface area contributed by atoms with Crippen molar-refractivity contribution in [1.82, 2.24) is 4.98 Å². The molecule has 1 aromatic heterocycles. The predicted molar refractivity (Wildman–Crippen MR) is 64.2 cm³/mol. The van der Waals surface area contributed by atoms with E-state index in [4.69, 9.17) is 0 Å². The summed E-state index contributed by atoms with van der Waals surface area (Å²) in [6.45, 7) is 0. The van der Waals surface area contributed by atoms with Crippen LogP contribution >= 0.6 is 0 Å². The van der Waals surface area contributed by atoms with Gasteiger partial charge in [0.15, 0.2) is 5.43 Å². The number of nitrogens with one attached hydrogen (secondary N) is 1. The monoisotopic (exact) mass is 323 g/mol. The van der Waals surface area contributed by atoms with Crippen molar-refractivity contribution >= 4 is 0 Å². The van der Waals surface area contributed by atoms with Gasteiger partial charge in [-0.1, -0.05) is 12.1 Å². The number of pyridine rings is 1. The Hall–Kier alpha value is -2.45. The van der Waals surface area contributed by atoms with Crippen molar-refractivity contribution in [3.8, 4) is 17.0 Å². The molecule has 0 spiro atoms. The Labute approximate surface area is 119 Å². The highest BCUT2D eigenvalue weighted by molar-refractivity contribution is 5.67. The minimum Gasteiger partial charge on any atom is -0.405 e. The molecule has 118 valence electrons. The second-order valence-corrected chi connectivity index (χ2v) is 4.17. The summed E-state index contributed by atoms with van der Waals surface area (Å²) >= 11 is 0. The fourth-order valence-corrected chi connectivity index (χ4v) is 1.75. The van der Waals surface area contributed by atoms with E-state index in [2.05, 4.69) is 9.72 Å². The van der Waals surface area contributed by atoms with Gasteiger partial charge in [-0.2, -0.15) is 13.2 Å². The van der Waals surface area contributed by atoms with Gasteiger partial charge in [-0.3, -0.25) is 4.79 Å². The normalized spacial score (nSPS) is 12.3. The quantitative estimate of drug-likeness (QED) is 0.850. The Morgan fingerprint density at radius 2 is 1.64 bits per heavy atom. The molecule has 9 heteroatoms. The minimum absolute atomic E-state index is 0.189. The van der Waals surface area contributed by atoms with E-state index < -0.39 is 29.3 Å². The molecule has 0 unspecified atom stereocenters. The van der Waals surface area contributed by atoms with Crippen LogP contribution in [0.4, 0.5) is 26.3 Å². The summed E-state index contributed by atoms with van der Waals surface area (Å²) in [7, 11) is 0. The average Bonchev–Trinajstić information content (AvgIpc) is 2.35. The van der Waals surface area contributed by atoms with Crippen LogP contribution in [0.15, 0.2) is 41.3 Å². The highest BCUT2D eigenvalue weighted by Gasteiger charge is 2.34. The lowest BCUT2D eigenvalue weighted by Gasteiger charge is -2.13. The van der Waals surface area contributed by atoms with Gasteiger partial charge in [0.2, 0.25) is 0 Å². The van der Waals surface area contributed by atoms with E-state index in [1.165, 1.54) is 18.2 Å². The maximum Gasteiger partial charge on any atom is 0.573 e. The fourth-order valence-electron chi connectivity index (χ4n) is 1.75. The largest absolute Gasteiger partial charge is 0.573 e. The lowest BCUT2D eigenvalue weighted by molar-refractivity contribution is -0.274. The van der Waals surface area contributed by atoms with E-state index in [0.717, 1.165) is 6.07 Å². The Balaban J connectivity index is 2.50. The third kappa shape index (κ3) is 3.60. The summed E-state index contributed by atoms with van der Waals surface area (Å²) in [5.74, 6) is -0.634. The number of alkyl halides is 6.